The van der Waals surface area contributed by atoms with E-state index < -0.39 is 0 Å². The van der Waals surface area contributed by atoms with Crippen molar-refractivity contribution in [1.82, 2.24) is 9.38 Å². The third kappa shape index (κ3) is 2.34. The molecule has 0 unspecified atom stereocenters. The first kappa shape index (κ1) is 12.6. The van der Waals surface area contributed by atoms with Crippen LogP contribution in [0.15, 0.2) is 40.6 Å². The average Bonchev–Trinajstić information content (AvgIpc) is 3.13. The Morgan fingerprint density at radius 1 is 1.24 bits per heavy atom. The Kier molecular flexibility index (Phi) is 3.00. The predicted octanol–water partition coefficient (Wildman–Crippen LogP) is 2.82. The lowest BCUT2D eigenvalue weighted by Crippen LogP contribution is -2.14. The second-order valence-electron chi connectivity index (χ2n) is 5.21. The number of hydrogen-bond acceptors (Lipinski definition) is 4. The lowest BCUT2D eigenvalue weighted by atomic mass is 10.1. The van der Waals surface area contributed by atoms with E-state index in [-0.39, 0.29) is 5.56 Å². The molecule has 1 aromatic carbocycles. The molecule has 0 atom stereocenters. The van der Waals surface area contributed by atoms with Crippen molar-refractivity contribution in [2.24, 2.45) is 0 Å². The van der Waals surface area contributed by atoms with Crippen molar-refractivity contribution in [2.75, 3.05) is 0 Å². The van der Waals surface area contributed by atoms with Gasteiger partial charge < -0.3 is 4.74 Å². The molecule has 0 amide bonds. The zero-order valence-corrected chi connectivity index (χ0v) is 12.2. The van der Waals surface area contributed by atoms with Crippen LogP contribution in [0.2, 0.25) is 0 Å². The summed E-state index contributed by atoms with van der Waals surface area (Å²) >= 11 is 1.45. The minimum Gasteiger partial charge on any atom is -0.487 e. The van der Waals surface area contributed by atoms with Crippen LogP contribution in [0.5, 0.6) is 5.75 Å². The fourth-order valence-electron chi connectivity index (χ4n) is 2.76. The Hall–Kier alpha value is -2.14. The highest BCUT2D eigenvalue weighted by Gasteiger charge is 2.11. The first-order valence-electron chi connectivity index (χ1n) is 7.00. The monoisotopic (exact) mass is 298 g/mol. The Morgan fingerprint density at radius 3 is 3.10 bits per heavy atom. The molecule has 2 aromatic heterocycles. The first-order chi connectivity index (χ1) is 10.3. The molecule has 3 aromatic rings. The minimum atomic E-state index is -0.0613. The molecule has 0 saturated heterocycles. The molecule has 0 N–H and O–H groups in total. The predicted molar refractivity (Wildman–Crippen MR) is 82.1 cm³/mol. The van der Waals surface area contributed by atoms with Crippen LogP contribution >= 0.6 is 11.3 Å². The van der Waals surface area contributed by atoms with Crippen LogP contribution in [-0.4, -0.2) is 9.38 Å². The number of aryl methyl sites for hydroxylation is 2. The molecule has 0 saturated carbocycles. The Balaban J connectivity index is 1.56. The molecular weight excluding hydrogens is 284 g/mol. The quantitative estimate of drug-likeness (QED) is 0.747. The standard InChI is InChI=1S/C16H14N2O2S/c19-15-9-13(17-16-18(15)6-7-21-16)10-20-14-5-4-11-2-1-3-12(11)8-14/h4-9H,1-3,10H2. The molecule has 0 bridgehead atoms. The van der Waals surface area contributed by atoms with E-state index in [2.05, 4.69) is 17.1 Å². The van der Waals surface area contributed by atoms with Crippen LogP contribution in [0.3, 0.4) is 0 Å². The highest BCUT2D eigenvalue weighted by Crippen LogP contribution is 2.26. The largest absolute Gasteiger partial charge is 0.487 e. The number of ether oxygens (including phenoxy) is 1. The minimum absolute atomic E-state index is 0.0613. The summed E-state index contributed by atoms with van der Waals surface area (Å²) in [7, 11) is 0. The lowest BCUT2D eigenvalue weighted by Gasteiger charge is -2.07. The van der Waals surface area contributed by atoms with E-state index in [9.17, 15) is 4.79 Å². The highest BCUT2D eigenvalue weighted by atomic mass is 32.1. The van der Waals surface area contributed by atoms with Crippen molar-refractivity contribution in [2.45, 2.75) is 25.9 Å². The molecular formula is C16H14N2O2S. The number of fused-ring (bicyclic) bond motifs is 2. The topological polar surface area (TPSA) is 43.6 Å². The average molecular weight is 298 g/mol. The van der Waals surface area contributed by atoms with Crippen molar-refractivity contribution in [3.05, 3.63) is 63.0 Å². The van der Waals surface area contributed by atoms with Crippen molar-refractivity contribution >= 4 is 16.3 Å². The second-order valence-corrected chi connectivity index (χ2v) is 6.09. The fourth-order valence-corrected chi connectivity index (χ4v) is 3.50. The van der Waals surface area contributed by atoms with Gasteiger partial charge in [0.1, 0.15) is 12.4 Å². The summed E-state index contributed by atoms with van der Waals surface area (Å²) in [5.74, 6) is 0.851. The van der Waals surface area contributed by atoms with Gasteiger partial charge in [-0.25, -0.2) is 4.98 Å². The zero-order chi connectivity index (χ0) is 14.2. The maximum absolute atomic E-state index is 11.9. The van der Waals surface area contributed by atoms with Gasteiger partial charge in [0.2, 0.25) is 0 Å². The van der Waals surface area contributed by atoms with E-state index in [1.54, 1.807) is 10.6 Å². The molecule has 1 aliphatic carbocycles. The number of hydrogen-bond donors (Lipinski definition) is 0. The van der Waals surface area contributed by atoms with E-state index in [0.717, 1.165) is 12.2 Å². The van der Waals surface area contributed by atoms with Crippen LogP contribution in [0.1, 0.15) is 23.2 Å². The van der Waals surface area contributed by atoms with Crippen molar-refractivity contribution < 1.29 is 4.74 Å². The van der Waals surface area contributed by atoms with Gasteiger partial charge in [0.15, 0.2) is 4.96 Å². The van der Waals surface area contributed by atoms with E-state index in [1.807, 2.05) is 11.4 Å². The van der Waals surface area contributed by atoms with E-state index >= 15 is 0 Å². The highest BCUT2D eigenvalue weighted by molar-refractivity contribution is 7.15. The Bertz CT molecular complexity index is 866. The summed E-state index contributed by atoms with van der Waals surface area (Å²) < 4.78 is 7.34. The Labute approximate surface area is 125 Å². The van der Waals surface area contributed by atoms with Gasteiger partial charge in [-0.2, -0.15) is 0 Å². The van der Waals surface area contributed by atoms with E-state index in [0.29, 0.717) is 17.3 Å². The molecule has 106 valence electrons. The third-order valence-corrected chi connectivity index (χ3v) is 4.57. The van der Waals surface area contributed by atoms with Gasteiger partial charge in [-0.3, -0.25) is 9.20 Å². The number of rotatable bonds is 3. The normalized spacial score (nSPS) is 13.5. The van der Waals surface area contributed by atoms with Gasteiger partial charge in [0.25, 0.3) is 5.56 Å². The molecule has 21 heavy (non-hydrogen) atoms. The maximum atomic E-state index is 11.9. The van der Waals surface area contributed by atoms with Crippen LogP contribution < -0.4 is 10.3 Å². The van der Waals surface area contributed by atoms with Gasteiger partial charge >= 0.3 is 0 Å². The zero-order valence-electron chi connectivity index (χ0n) is 11.4. The molecule has 2 heterocycles. The van der Waals surface area contributed by atoms with Crippen LogP contribution in [0.4, 0.5) is 0 Å². The summed E-state index contributed by atoms with van der Waals surface area (Å²) in [6, 6.07) is 7.79. The molecule has 0 radical (unpaired) electrons. The second kappa shape index (κ2) is 5.00. The van der Waals surface area contributed by atoms with Gasteiger partial charge in [-0.05, 0) is 42.5 Å². The number of thiazole rings is 1. The Morgan fingerprint density at radius 2 is 2.14 bits per heavy atom. The molecule has 1 aliphatic rings. The third-order valence-electron chi connectivity index (χ3n) is 3.81. The van der Waals surface area contributed by atoms with Crippen LogP contribution in [0.25, 0.3) is 4.96 Å². The van der Waals surface area contributed by atoms with Crippen LogP contribution in [-0.2, 0) is 19.4 Å². The first-order valence-corrected chi connectivity index (χ1v) is 7.88. The van der Waals surface area contributed by atoms with Gasteiger partial charge in [0.05, 0.1) is 5.69 Å². The summed E-state index contributed by atoms with van der Waals surface area (Å²) in [6.45, 7) is 0.322. The van der Waals surface area contributed by atoms with Crippen molar-refractivity contribution in [3.63, 3.8) is 0 Å². The number of nitrogens with zero attached hydrogens (tertiary/aromatic N) is 2. The molecule has 0 spiro atoms. The molecule has 0 fully saturated rings. The number of aromatic nitrogens is 2. The summed E-state index contributed by atoms with van der Waals surface area (Å²) in [5.41, 5.74) is 3.42. The van der Waals surface area contributed by atoms with Crippen molar-refractivity contribution in [1.29, 1.82) is 0 Å². The SMILES string of the molecule is O=c1cc(COc2ccc3c(c2)CCC3)nc2sccn12. The molecule has 5 heteroatoms. The van der Waals surface area contributed by atoms with Crippen LogP contribution in [0, 0.1) is 0 Å². The molecule has 4 rings (SSSR count). The van der Waals surface area contributed by atoms with Crippen molar-refractivity contribution in [3.8, 4) is 5.75 Å². The lowest BCUT2D eigenvalue weighted by molar-refractivity contribution is 0.301. The fraction of sp³-hybridized carbons (Fsp3) is 0.250. The van der Waals surface area contributed by atoms with Gasteiger partial charge in [0, 0.05) is 17.6 Å². The molecule has 0 aliphatic heterocycles. The van der Waals surface area contributed by atoms with Gasteiger partial charge in [-0.1, -0.05) is 6.07 Å². The number of benzene rings is 1. The van der Waals surface area contributed by atoms with E-state index in [1.165, 1.54) is 41.4 Å². The summed E-state index contributed by atoms with van der Waals surface area (Å²) in [6.07, 6.45) is 5.27. The smallest absolute Gasteiger partial charge is 0.258 e. The van der Waals surface area contributed by atoms with Gasteiger partial charge in [-0.15, -0.1) is 11.3 Å². The summed E-state index contributed by atoms with van der Waals surface area (Å²) in [5, 5.41) is 1.86. The maximum Gasteiger partial charge on any atom is 0.258 e. The molecule has 4 nitrogen and oxygen atoms in total. The summed E-state index contributed by atoms with van der Waals surface area (Å²) in [4.78, 5) is 17.0. The van der Waals surface area contributed by atoms with E-state index in [4.69, 9.17) is 4.74 Å².